The van der Waals surface area contributed by atoms with Crippen molar-refractivity contribution in [1.29, 1.82) is 0 Å². The largest absolute Gasteiger partial charge is 0.492 e. The summed E-state index contributed by atoms with van der Waals surface area (Å²) < 4.78 is 5.67. The van der Waals surface area contributed by atoms with E-state index in [1.807, 2.05) is 0 Å². The van der Waals surface area contributed by atoms with Crippen LogP contribution in [0.2, 0.25) is 5.02 Å². The molecule has 0 saturated carbocycles. The fourth-order valence-electron chi connectivity index (χ4n) is 1.24. The molecule has 0 aliphatic rings. The maximum Gasteiger partial charge on any atom is 0.139 e. The third kappa shape index (κ3) is 4.22. The second-order valence-electron chi connectivity index (χ2n) is 4.90. The second-order valence-corrected chi connectivity index (χ2v) is 5.70. The van der Waals surface area contributed by atoms with Gasteiger partial charge in [-0.3, -0.25) is 4.98 Å². The molecule has 0 aliphatic heterocycles. The minimum absolute atomic E-state index is 0.188. The van der Waals surface area contributed by atoms with Crippen molar-refractivity contribution in [3.05, 3.63) is 23.5 Å². The van der Waals surface area contributed by atoms with Crippen LogP contribution in [0.5, 0.6) is 5.75 Å². The lowest BCUT2D eigenvalue weighted by molar-refractivity contribution is 0.165. The Hall–Kier alpha value is -0.410. The van der Waals surface area contributed by atoms with E-state index >= 15 is 0 Å². The predicted octanol–water partition coefficient (Wildman–Crippen LogP) is 3.71. The number of ether oxygens (including phenoxy) is 1. The molecule has 0 aliphatic carbocycles. The number of pyridine rings is 1. The molecule has 1 aromatic rings. The summed E-state index contributed by atoms with van der Waals surface area (Å²) in [7, 11) is 0. The summed E-state index contributed by atoms with van der Waals surface area (Å²) in [6, 6.07) is 1.77. The maximum absolute atomic E-state index is 5.83. The number of nitrogens with zero attached hydrogens (tertiary/aromatic N) is 1. The molecule has 16 heavy (non-hydrogen) atoms. The summed E-state index contributed by atoms with van der Waals surface area (Å²) in [5.41, 5.74) is 0.188. The Morgan fingerprint density at radius 3 is 2.62 bits per heavy atom. The third-order valence-electron chi connectivity index (χ3n) is 2.58. The Morgan fingerprint density at radius 2 is 2.12 bits per heavy atom. The van der Waals surface area contributed by atoms with Gasteiger partial charge in [0.1, 0.15) is 5.75 Å². The molecule has 1 atom stereocenters. The van der Waals surface area contributed by atoms with E-state index in [2.05, 4.69) is 38.4 Å². The van der Waals surface area contributed by atoms with E-state index < -0.39 is 0 Å². The standard InChI is InChI=1S/C12H18ClNOS/c1-12(2,3)9(8-16)7-15-11-4-10(13)5-14-6-11/h4-6,9,16H,7-8H2,1-3H3. The number of thiol groups is 1. The maximum atomic E-state index is 5.83. The van der Waals surface area contributed by atoms with Gasteiger partial charge in [-0.25, -0.2) is 0 Å². The summed E-state index contributed by atoms with van der Waals surface area (Å²) in [6.45, 7) is 7.20. The van der Waals surface area contributed by atoms with Crippen LogP contribution in [-0.4, -0.2) is 17.3 Å². The van der Waals surface area contributed by atoms with Crippen LogP contribution in [0.4, 0.5) is 0 Å². The highest BCUT2D eigenvalue weighted by atomic mass is 35.5. The molecule has 2 nitrogen and oxygen atoms in total. The summed E-state index contributed by atoms with van der Waals surface area (Å²) >= 11 is 10.2. The van der Waals surface area contributed by atoms with Gasteiger partial charge in [-0.1, -0.05) is 32.4 Å². The average Bonchev–Trinajstić information content (AvgIpc) is 2.16. The molecule has 0 radical (unpaired) electrons. The third-order valence-corrected chi connectivity index (χ3v) is 3.22. The zero-order valence-electron chi connectivity index (χ0n) is 9.90. The summed E-state index contributed by atoms with van der Waals surface area (Å²) in [4.78, 5) is 3.97. The van der Waals surface area contributed by atoms with Crippen molar-refractivity contribution in [2.45, 2.75) is 20.8 Å². The SMILES string of the molecule is CC(C)(C)C(CS)COc1cncc(Cl)c1. The fraction of sp³-hybridized carbons (Fsp3) is 0.583. The van der Waals surface area contributed by atoms with Gasteiger partial charge in [0, 0.05) is 18.2 Å². The molecule has 1 unspecified atom stereocenters. The van der Waals surface area contributed by atoms with Gasteiger partial charge in [0.2, 0.25) is 0 Å². The lowest BCUT2D eigenvalue weighted by atomic mass is 9.82. The highest BCUT2D eigenvalue weighted by Crippen LogP contribution is 2.27. The van der Waals surface area contributed by atoms with E-state index in [9.17, 15) is 0 Å². The Morgan fingerprint density at radius 1 is 1.44 bits per heavy atom. The smallest absolute Gasteiger partial charge is 0.139 e. The average molecular weight is 260 g/mol. The summed E-state index contributed by atoms with van der Waals surface area (Å²) in [5.74, 6) is 1.91. The molecule has 0 aromatic carbocycles. The lowest BCUT2D eigenvalue weighted by Crippen LogP contribution is -2.28. The zero-order chi connectivity index (χ0) is 12.2. The summed E-state index contributed by atoms with van der Waals surface area (Å²) in [6.07, 6.45) is 3.26. The van der Waals surface area contributed by atoms with Crippen LogP contribution in [0.25, 0.3) is 0 Å². The van der Waals surface area contributed by atoms with Crippen molar-refractivity contribution >= 4 is 24.2 Å². The predicted molar refractivity (Wildman–Crippen MR) is 71.5 cm³/mol. The lowest BCUT2D eigenvalue weighted by Gasteiger charge is -2.29. The number of hydrogen-bond acceptors (Lipinski definition) is 3. The van der Waals surface area contributed by atoms with E-state index in [0.29, 0.717) is 23.3 Å². The Balaban J connectivity index is 2.56. The number of hydrogen-bond donors (Lipinski definition) is 1. The van der Waals surface area contributed by atoms with Crippen LogP contribution < -0.4 is 4.74 Å². The van der Waals surface area contributed by atoms with Gasteiger partial charge in [-0.15, -0.1) is 0 Å². The molecule has 0 bridgehead atoms. The van der Waals surface area contributed by atoms with E-state index in [-0.39, 0.29) is 5.41 Å². The van der Waals surface area contributed by atoms with Crippen LogP contribution in [0.3, 0.4) is 0 Å². The monoisotopic (exact) mass is 259 g/mol. The first-order valence-electron chi connectivity index (χ1n) is 5.27. The van der Waals surface area contributed by atoms with E-state index in [0.717, 1.165) is 5.75 Å². The first-order chi connectivity index (χ1) is 7.43. The van der Waals surface area contributed by atoms with Crippen LogP contribution in [0, 0.1) is 11.3 Å². The normalized spacial score (nSPS) is 13.6. The highest BCUT2D eigenvalue weighted by molar-refractivity contribution is 7.80. The molecule has 0 spiro atoms. The van der Waals surface area contributed by atoms with Gasteiger partial charge >= 0.3 is 0 Å². The molecule has 90 valence electrons. The number of aromatic nitrogens is 1. The van der Waals surface area contributed by atoms with Crippen molar-refractivity contribution in [3.8, 4) is 5.75 Å². The van der Waals surface area contributed by atoms with Gasteiger partial charge in [0.15, 0.2) is 0 Å². The Labute approximate surface area is 108 Å². The molecule has 1 aromatic heterocycles. The van der Waals surface area contributed by atoms with E-state index in [1.165, 1.54) is 0 Å². The van der Waals surface area contributed by atoms with Gasteiger partial charge in [-0.2, -0.15) is 12.6 Å². The van der Waals surface area contributed by atoms with Gasteiger partial charge in [-0.05, 0) is 11.2 Å². The quantitative estimate of drug-likeness (QED) is 0.833. The Bertz CT molecular complexity index is 338. The van der Waals surface area contributed by atoms with Crippen molar-refractivity contribution in [1.82, 2.24) is 4.98 Å². The Kier molecular flexibility index (Phi) is 4.93. The van der Waals surface area contributed by atoms with E-state index in [4.69, 9.17) is 16.3 Å². The molecule has 1 heterocycles. The number of halogens is 1. The molecule has 0 N–H and O–H groups in total. The van der Waals surface area contributed by atoms with Gasteiger partial charge in [0.05, 0.1) is 17.8 Å². The molecule has 4 heteroatoms. The van der Waals surface area contributed by atoms with Crippen molar-refractivity contribution in [2.75, 3.05) is 12.4 Å². The molecule has 1 rings (SSSR count). The van der Waals surface area contributed by atoms with Gasteiger partial charge < -0.3 is 4.74 Å². The minimum atomic E-state index is 0.188. The molecule has 0 saturated heterocycles. The zero-order valence-corrected chi connectivity index (χ0v) is 11.6. The molecule has 0 amide bonds. The minimum Gasteiger partial charge on any atom is -0.492 e. The first-order valence-corrected chi connectivity index (χ1v) is 6.28. The van der Waals surface area contributed by atoms with Gasteiger partial charge in [0.25, 0.3) is 0 Å². The molecular weight excluding hydrogens is 242 g/mol. The topological polar surface area (TPSA) is 22.1 Å². The van der Waals surface area contributed by atoms with Crippen LogP contribution in [-0.2, 0) is 0 Å². The van der Waals surface area contributed by atoms with Crippen LogP contribution in [0.15, 0.2) is 18.5 Å². The van der Waals surface area contributed by atoms with E-state index in [1.54, 1.807) is 18.5 Å². The van der Waals surface area contributed by atoms with Crippen molar-refractivity contribution in [3.63, 3.8) is 0 Å². The molecular formula is C12H18ClNOS. The van der Waals surface area contributed by atoms with Crippen LogP contribution >= 0.6 is 24.2 Å². The van der Waals surface area contributed by atoms with Crippen LogP contribution in [0.1, 0.15) is 20.8 Å². The van der Waals surface area contributed by atoms with Crippen molar-refractivity contribution < 1.29 is 4.74 Å². The summed E-state index contributed by atoms with van der Waals surface area (Å²) in [5, 5.41) is 0.593. The second kappa shape index (κ2) is 5.78. The van der Waals surface area contributed by atoms with Crippen molar-refractivity contribution in [2.24, 2.45) is 11.3 Å². The highest BCUT2D eigenvalue weighted by Gasteiger charge is 2.23. The first kappa shape index (κ1) is 13.7. The number of rotatable bonds is 4. The fourth-order valence-corrected chi connectivity index (χ4v) is 2.06. The molecule has 0 fully saturated rings.